The standard InChI is InChI=1S/C27H30F2N4O3S/c1-16-17(4-3-5-22(16)29)7-9-25(34)33(2)26-21(23(37-26)10-11-30)15-36-27(35)32-24-13-19-12-20(28)8-6-18(19)14-31-24/h3-6,8,12-14,21,23,26H,7,9-11,15,30H2,1-2H3,(H,31,32,35)/t21-,23?,26?/m1/s1. The Hall–Kier alpha value is -3.24. The molecule has 0 saturated carbocycles. The molecule has 3 atom stereocenters. The van der Waals surface area contributed by atoms with Crippen LogP contribution in [0.2, 0.25) is 0 Å². The first-order chi connectivity index (χ1) is 17.8. The van der Waals surface area contributed by atoms with E-state index in [1.807, 2.05) is 6.07 Å². The summed E-state index contributed by atoms with van der Waals surface area (Å²) >= 11 is 1.63. The maximum atomic E-state index is 13.8. The normalized spacial score (nSPS) is 18.8. The number of pyridine rings is 1. The predicted octanol–water partition coefficient (Wildman–Crippen LogP) is 4.87. The second-order valence-corrected chi connectivity index (χ2v) is 10.5. The zero-order valence-electron chi connectivity index (χ0n) is 20.7. The molecule has 2 amide bonds. The first kappa shape index (κ1) is 26.8. The van der Waals surface area contributed by atoms with Gasteiger partial charge in [-0.3, -0.25) is 10.1 Å². The van der Waals surface area contributed by atoms with E-state index >= 15 is 0 Å². The fourth-order valence-electron chi connectivity index (χ4n) is 4.47. The fraction of sp³-hybridized carbons (Fsp3) is 0.370. The van der Waals surface area contributed by atoms with Gasteiger partial charge in [0.2, 0.25) is 5.91 Å². The van der Waals surface area contributed by atoms with E-state index in [1.54, 1.807) is 55.0 Å². The number of ether oxygens (including phenoxy) is 1. The summed E-state index contributed by atoms with van der Waals surface area (Å²) in [4.78, 5) is 31.2. The fourth-order valence-corrected chi connectivity index (χ4v) is 6.02. The number of amides is 2. The molecule has 7 nitrogen and oxygen atoms in total. The number of aryl methyl sites for hydroxylation is 1. The van der Waals surface area contributed by atoms with Crippen LogP contribution in [0.1, 0.15) is 24.0 Å². The molecule has 1 saturated heterocycles. The largest absolute Gasteiger partial charge is 0.449 e. The molecule has 2 heterocycles. The number of carbonyl (C=O) groups excluding carboxylic acids is 2. The summed E-state index contributed by atoms with van der Waals surface area (Å²) in [5.74, 6) is -0.547. The molecule has 2 aromatic carbocycles. The lowest BCUT2D eigenvalue weighted by molar-refractivity contribution is -0.131. The molecule has 10 heteroatoms. The van der Waals surface area contributed by atoms with Crippen molar-refractivity contribution < 1.29 is 23.1 Å². The number of hydrogen-bond acceptors (Lipinski definition) is 6. The van der Waals surface area contributed by atoms with Crippen LogP contribution in [0.5, 0.6) is 0 Å². The number of halogens is 2. The third-order valence-corrected chi connectivity index (χ3v) is 8.57. The monoisotopic (exact) mass is 528 g/mol. The molecule has 1 aromatic heterocycles. The van der Waals surface area contributed by atoms with Gasteiger partial charge in [-0.1, -0.05) is 12.1 Å². The number of anilines is 1. The van der Waals surface area contributed by atoms with Gasteiger partial charge in [0.1, 0.15) is 17.5 Å². The van der Waals surface area contributed by atoms with Gasteiger partial charge in [-0.05, 0) is 73.2 Å². The smallest absolute Gasteiger partial charge is 0.412 e. The van der Waals surface area contributed by atoms with Gasteiger partial charge in [-0.15, -0.1) is 11.8 Å². The van der Waals surface area contributed by atoms with Crippen molar-refractivity contribution in [3.05, 3.63) is 71.4 Å². The summed E-state index contributed by atoms with van der Waals surface area (Å²) in [6.07, 6.45) is 2.30. The Balaban J connectivity index is 1.33. The molecule has 3 N–H and O–H groups in total. The third-order valence-electron chi connectivity index (χ3n) is 6.69. The number of thioether (sulfide) groups is 1. The average molecular weight is 529 g/mol. The molecular formula is C27H30F2N4O3S. The summed E-state index contributed by atoms with van der Waals surface area (Å²) in [6, 6.07) is 10.8. The number of nitrogens with one attached hydrogen (secondary N) is 1. The highest BCUT2D eigenvalue weighted by Crippen LogP contribution is 2.46. The summed E-state index contributed by atoms with van der Waals surface area (Å²) in [5.41, 5.74) is 7.12. The summed E-state index contributed by atoms with van der Waals surface area (Å²) in [6.45, 7) is 2.31. The Morgan fingerprint density at radius 1 is 1.19 bits per heavy atom. The molecule has 0 bridgehead atoms. The molecule has 0 radical (unpaired) electrons. The van der Waals surface area contributed by atoms with Crippen molar-refractivity contribution in [3.8, 4) is 0 Å². The quantitative estimate of drug-likeness (QED) is 0.411. The van der Waals surface area contributed by atoms with Crippen LogP contribution < -0.4 is 11.1 Å². The lowest BCUT2D eigenvalue weighted by atomic mass is 9.99. The number of hydrogen-bond donors (Lipinski definition) is 2. The molecule has 1 fully saturated rings. The van der Waals surface area contributed by atoms with Gasteiger partial charge in [-0.2, -0.15) is 0 Å². The average Bonchev–Trinajstić information content (AvgIpc) is 2.86. The number of nitrogens with two attached hydrogens (primary N) is 1. The van der Waals surface area contributed by atoms with Gasteiger partial charge in [0, 0.05) is 36.2 Å². The highest BCUT2D eigenvalue weighted by atomic mass is 32.2. The Bertz CT molecular complexity index is 1290. The Morgan fingerprint density at radius 3 is 2.78 bits per heavy atom. The van der Waals surface area contributed by atoms with E-state index in [9.17, 15) is 18.4 Å². The van der Waals surface area contributed by atoms with Crippen LogP contribution in [-0.2, 0) is 16.0 Å². The van der Waals surface area contributed by atoms with Gasteiger partial charge in [-0.25, -0.2) is 18.6 Å². The van der Waals surface area contributed by atoms with Crippen LogP contribution in [0.15, 0.2) is 48.7 Å². The summed E-state index contributed by atoms with van der Waals surface area (Å²) in [5, 5.41) is 3.94. The zero-order chi connectivity index (χ0) is 26.5. The maximum absolute atomic E-state index is 13.8. The van der Waals surface area contributed by atoms with E-state index in [0.29, 0.717) is 23.9 Å². The SMILES string of the molecule is Cc1c(F)cccc1CCC(=O)N(C)C1SC(CCN)[C@H]1COC(=O)Nc1cc2cc(F)ccc2cn1. The lowest BCUT2D eigenvalue weighted by Crippen LogP contribution is -2.54. The van der Waals surface area contributed by atoms with Gasteiger partial charge in [0.05, 0.1) is 12.0 Å². The van der Waals surface area contributed by atoms with E-state index in [-0.39, 0.29) is 52.9 Å². The molecule has 196 valence electrons. The number of nitrogens with zero attached hydrogens (tertiary/aromatic N) is 2. The first-order valence-electron chi connectivity index (χ1n) is 12.1. The second-order valence-electron chi connectivity index (χ2n) is 9.12. The number of rotatable bonds is 9. The van der Waals surface area contributed by atoms with E-state index in [4.69, 9.17) is 10.5 Å². The topological polar surface area (TPSA) is 97.5 Å². The zero-order valence-corrected chi connectivity index (χ0v) is 21.6. The molecule has 3 aromatic rings. The first-order valence-corrected chi connectivity index (χ1v) is 13.1. The minimum Gasteiger partial charge on any atom is -0.449 e. The molecule has 37 heavy (non-hydrogen) atoms. The number of fused-ring (bicyclic) bond motifs is 1. The molecule has 4 rings (SSSR count). The Labute approximate surface area is 218 Å². The van der Waals surface area contributed by atoms with Crippen LogP contribution in [0, 0.1) is 24.5 Å². The van der Waals surface area contributed by atoms with Crippen molar-refractivity contribution in [2.75, 3.05) is 25.5 Å². The van der Waals surface area contributed by atoms with Gasteiger partial charge in [0.15, 0.2) is 0 Å². The van der Waals surface area contributed by atoms with Crippen LogP contribution in [0.25, 0.3) is 10.8 Å². The van der Waals surface area contributed by atoms with Crippen LogP contribution in [-0.4, -0.2) is 52.7 Å². The lowest BCUT2D eigenvalue weighted by Gasteiger charge is -2.47. The molecule has 0 aliphatic carbocycles. The molecule has 1 aliphatic rings. The molecule has 0 spiro atoms. The van der Waals surface area contributed by atoms with Crippen molar-refractivity contribution in [1.29, 1.82) is 0 Å². The summed E-state index contributed by atoms with van der Waals surface area (Å²) < 4.78 is 32.8. The molecule has 1 aliphatic heterocycles. The minimum absolute atomic E-state index is 0.0607. The summed E-state index contributed by atoms with van der Waals surface area (Å²) in [7, 11) is 1.74. The second kappa shape index (κ2) is 11.9. The van der Waals surface area contributed by atoms with E-state index in [1.165, 1.54) is 18.2 Å². The predicted molar refractivity (Wildman–Crippen MR) is 141 cm³/mol. The highest BCUT2D eigenvalue weighted by Gasteiger charge is 2.45. The third kappa shape index (κ3) is 6.37. The van der Waals surface area contributed by atoms with Crippen LogP contribution in [0.3, 0.4) is 0 Å². The Morgan fingerprint density at radius 2 is 2.00 bits per heavy atom. The molecule has 2 unspecified atom stereocenters. The maximum Gasteiger partial charge on any atom is 0.412 e. The van der Waals surface area contributed by atoms with Crippen LogP contribution >= 0.6 is 11.8 Å². The van der Waals surface area contributed by atoms with Crippen molar-refractivity contribution in [2.45, 2.75) is 36.8 Å². The van der Waals surface area contributed by atoms with Crippen molar-refractivity contribution in [2.24, 2.45) is 11.7 Å². The van der Waals surface area contributed by atoms with Crippen molar-refractivity contribution >= 4 is 40.4 Å². The van der Waals surface area contributed by atoms with Crippen molar-refractivity contribution in [3.63, 3.8) is 0 Å². The van der Waals surface area contributed by atoms with E-state index in [0.717, 1.165) is 17.4 Å². The highest BCUT2D eigenvalue weighted by molar-refractivity contribution is 8.01. The number of benzene rings is 2. The minimum atomic E-state index is -0.680. The number of carbonyl (C=O) groups is 2. The van der Waals surface area contributed by atoms with E-state index in [2.05, 4.69) is 10.3 Å². The number of aromatic nitrogens is 1. The van der Waals surface area contributed by atoms with Crippen LogP contribution in [0.4, 0.5) is 19.4 Å². The van der Waals surface area contributed by atoms with Gasteiger partial charge in [0.25, 0.3) is 0 Å². The van der Waals surface area contributed by atoms with Gasteiger partial charge < -0.3 is 15.4 Å². The Kier molecular flexibility index (Phi) is 8.60. The molecular weight excluding hydrogens is 498 g/mol. The van der Waals surface area contributed by atoms with Crippen molar-refractivity contribution in [1.82, 2.24) is 9.88 Å². The van der Waals surface area contributed by atoms with E-state index < -0.39 is 6.09 Å². The van der Waals surface area contributed by atoms with Gasteiger partial charge >= 0.3 is 6.09 Å².